The van der Waals surface area contributed by atoms with E-state index < -0.39 is 22.8 Å². The highest BCUT2D eigenvalue weighted by atomic mass is 16.4. The third kappa shape index (κ3) is 1.76. The van der Waals surface area contributed by atoms with Crippen molar-refractivity contribution < 1.29 is 19.8 Å². The molecular formula is C14H20O4. The third-order valence-electron chi connectivity index (χ3n) is 4.37. The fraction of sp³-hybridized carbons (Fsp3) is 0.571. The van der Waals surface area contributed by atoms with Crippen LogP contribution in [0.4, 0.5) is 0 Å². The summed E-state index contributed by atoms with van der Waals surface area (Å²) >= 11 is 0. The van der Waals surface area contributed by atoms with Gasteiger partial charge < -0.3 is 10.2 Å². The van der Waals surface area contributed by atoms with E-state index in [2.05, 4.69) is 0 Å². The zero-order chi connectivity index (χ0) is 14.5. The molecular weight excluding hydrogens is 232 g/mol. The van der Waals surface area contributed by atoms with Gasteiger partial charge in [0, 0.05) is 10.8 Å². The second-order valence-electron chi connectivity index (χ2n) is 5.86. The molecule has 18 heavy (non-hydrogen) atoms. The summed E-state index contributed by atoms with van der Waals surface area (Å²) in [6.45, 7) is 10.8. The summed E-state index contributed by atoms with van der Waals surface area (Å²) in [6.07, 6.45) is 0. The molecule has 1 aliphatic rings. The van der Waals surface area contributed by atoms with Gasteiger partial charge in [0.15, 0.2) is 0 Å². The number of hydrogen-bond donors (Lipinski definition) is 2. The zero-order valence-corrected chi connectivity index (χ0v) is 11.7. The predicted molar refractivity (Wildman–Crippen MR) is 68.2 cm³/mol. The van der Waals surface area contributed by atoms with E-state index in [1.165, 1.54) is 0 Å². The summed E-state index contributed by atoms with van der Waals surface area (Å²) in [4.78, 5) is 23.0. The van der Waals surface area contributed by atoms with E-state index in [4.69, 9.17) is 0 Å². The van der Waals surface area contributed by atoms with Crippen LogP contribution >= 0.6 is 0 Å². The second kappa shape index (κ2) is 3.97. The first-order chi connectivity index (χ1) is 7.95. The molecule has 1 rings (SSSR count). The summed E-state index contributed by atoms with van der Waals surface area (Å²) < 4.78 is 0. The van der Waals surface area contributed by atoms with Crippen LogP contribution in [0.15, 0.2) is 22.3 Å². The maximum atomic E-state index is 11.5. The molecule has 100 valence electrons. The Morgan fingerprint density at radius 1 is 0.778 bits per heavy atom. The molecule has 4 heteroatoms. The lowest BCUT2D eigenvalue weighted by molar-refractivity contribution is -0.137. The Morgan fingerprint density at radius 3 is 1.17 bits per heavy atom. The van der Waals surface area contributed by atoms with E-state index in [-0.39, 0.29) is 11.1 Å². The Bertz CT molecular complexity index is 446. The van der Waals surface area contributed by atoms with Crippen LogP contribution in [-0.4, -0.2) is 22.2 Å². The first-order valence-electron chi connectivity index (χ1n) is 5.86. The molecule has 0 fully saturated rings. The Kier molecular flexibility index (Phi) is 3.19. The van der Waals surface area contributed by atoms with Crippen molar-refractivity contribution >= 4 is 11.9 Å². The number of carbonyl (C=O) groups is 2. The summed E-state index contributed by atoms with van der Waals surface area (Å²) in [6, 6.07) is 0. The van der Waals surface area contributed by atoms with Gasteiger partial charge in [0.2, 0.25) is 0 Å². The number of carboxylic acids is 2. The highest BCUT2D eigenvalue weighted by molar-refractivity contribution is 6.02. The van der Waals surface area contributed by atoms with Crippen molar-refractivity contribution in [2.24, 2.45) is 10.8 Å². The molecule has 0 spiro atoms. The highest BCUT2D eigenvalue weighted by Crippen LogP contribution is 2.51. The van der Waals surface area contributed by atoms with Gasteiger partial charge >= 0.3 is 11.9 Å². The highest BCUT2D eigenvalue weighted by Gasteiger charge is 2.47. The van der Waals surface area contributed by atoms with Gasteiger partial charge in [-0.15, -0.1) is 0 Å². The molecule has 0 saturated carbocycles. The van der Waals surface area contributed by atoms with Crippen molar-refractivity contribution in [1.82, 2.24) is 0 Å². The van der Waals surface area contributed by atoms with Gasteiger partial charge in [-0.2, -0.15) is 0 Å². The zero-order valence-electron chi connectivity index (χ0n) is 11.7. The molecule has 0 heterocycles. The largest absolute Gasteiger partial charge is 0.478 e. The van der Waals surface area contributed by atoms with Crippen LogP contribution in [0, 0.1) is 10.8 Å². The van der Waals surface area contributed by atoms with Gasteiger partial charge in [-0.25, -0.2) is 9.59 Å². The molecule has 0 unspecified atom stereocenters. The van der Waals surface area contributed by atoms with Crippen molar-refractivity contribution in [2.75, 3.05) is 0 Å². The van der Waals surface area contributed by atoms with Crippen LogP contribution in [0.5, 0.6) is 0 Å². The summed E-state index contributed by atoms with van der Waals surface area (Å²) in [5.41, 5.74) is 0.300. The molecule has 1 aliphatic carbocycles. The average molecular weight is 252 g/mol. The van der Waals surface area contributed by atoms with E-state index in [0.717, 1.165) is 11.1 Å². The maximum Gasteiger partial charge on any atom is 0.333 e. The van der Waals surface area contributed by atoms with Gasteiger partial charge in [0.25, 0.3) is 0 Å². The van der Waals surface area contributed by atoms with Crippen LogP contribution in [-0.2, 0) is 9.59 Å². The molecule has 0 radical (unpaired) electrons. The first-order valence-corrected chi connectivity index (χ1v) is 5.86. The molecule has 0 aromatic carbocycles. The van der Waals surface area contributed by atoms with E-state index in [1.54, 1.807) is 27.7 Å². The van der Waals surface area contributed by atoms with Crippen molar-refractivity contribution in [3.63, 3.8) is 0 Å². The van der Waals surface area contributed by atoms with Crippen molar-refractivity contribution in [2.45, 2.75) is 41.5 Å². The standard InChI is InChI=1S/C14H20O4/c1-7-8(2)14(5,6)10(12(17)18)9(11(15)16)13(7,3)4/h1-6H3,(H,15,16)(H,17,18). The number of hydrogen-bond acceptors (Lipinski definition) is 2. The Labute approximate surface area is 107 Å². The molecule has 2 N–H and O–H groups in total. The molecule has 0 aromatic heterocycles. The fourth-order valence-electron chi connectivity index (χ4n) is 2.69. The lowest BCUT2D eigenvalue weighted by Crippen LogP contribution is -2.38. The van der Waals surface area contributed by atoms with E-state index in [9.17, 15) is 19.8 Å². The van der Waals surface area contributed by atoms with E-state index >= 15 is 0 Å². The summed E-state index contributed by atoms with van der Waals surface area (Å²) in [5, 5.41) is 18.8. The second-order valence-corrected chi connectivity index (χ2v) is 5.86. The molecule has 0 aromatic rings. The molecule has 0 aliphatic heterocycles. The van der Waals surface area contributed by atoms with Gasteiger partial charge in [-0.05, 0) is 13.8 Å². The van der Waals surface area contributed by atoms with Crippen molar-refractivity contribution in [1.29, 1.82) is 0 Å². The van der Waals surface area contributed by atoms with Crippen LogP contribution in [0.3, 0.4) is 0 Å². The van der Waals surface area contributed by atoms with E-state index in [1.807, 2.05) is 13.8 Å². The van der Waals surface area contributed by atoms with Gasteiger partial charge in [0.1, 0.15) is 0 Å². The number of rotatable bonds is 2. The number of allylic oxidation sites excluding steroid dienone is 2. The minimum atomic E-state index is -1.16. The van der Waals surface area contributed by atoms with Crippen LogP contribution < -0.4 is 0 Å². The van der Waals surface area contributed by atoms with Crippen LogP contribution in [0.2, 0.25) is 0 Å². The van der Waals surface area contributed by atoms with Gasteiger partial charge in [-0.3, -0.25) is 0 Å². The maximum absolute atomic E-state index is 11.5. The quantitative estimate of drug-likeness (QED) is 0.741. The SMILES string of the molecule is CC1=C(C)C(C)(C)C(C(=O)O)=C(C(=O)O)C1(C)C. The van der Waals surface area contributed by atoms with Crippen molar-refractivity contribution in [3.05, 3.63) is 22.3 Å². The predicted octanol–water partition coefficient (Wildman–Crippen LogP) is 2.85. The Balaban J connectivity index is 3.79. The van der Waals surface area contributed by atoms with Gasteiger partial charge in [-0.1, -0.05) is 38.8 Å². The van der Waals surface area contributed by atoms with Crippen molar-refractivity contribution in [3.8, 4) is 0 Å². The normalized spacial score (nSPS) is 22.1. The number of carboxylic acid groups (broad SMARTS) is 2. The van der Waals surface area contributed by atoms with Crippen LogP contribution in [0.25, 0.3) is 0 Å². The monoisotopic (exact) mass is 252 g/mol. The Hall–Kier alpha value is -1.58. The Morgan fingerprint density at radius 2 is 1.00 bits per heavy atom. The van der Waals surface area contributed by atoms with Crippen LogP contribution in [0.1, 0.15) is 41.5 Å². The smallest absolute Gasteiger partial charge is 0.333 e. The molecule has 0 atom stereocenters. The third-order valence-corrected chi connectivity index (χ3v) is 4.37. The lowest BCUT2D eigenvalue weighted by Gasteiger charge is -2.42. The molecule has 4 nitrogen and oxygen atoms in total. The average Bonchev–Trinajstić information content (AvgIpc) is 2.19. The lowest BCUT2D eigenvalue weighted by atomic mass is 9.60. The molecule has 0 bridgehead atoms. The molecule has 0 amide bonds. The molecule has 0 saturated heterocycles. The fourth-order valence-corrected chi connectivity index (χ4v) is 2.69. The topological polar surface area (TPSA) is 74.6 Å². The minimum absolute atomic E-state index is 0.0110. The number of aliphatic carboxylic acids is 2. The summed E-state index contributed by atoms with van der Waals surface area (Å²) in [5.74, 6) is -2.31. The van der Waals surface area contributed by atoms with E-state index in [0.29, 0.717) is 0 Å². The first kappa shape index (κ1) is 14.5. The minimum Gasteiger partial charge on any atom is -0.478 e. The van der Waals surface area contributed by atoms with Gasteiger partial charge in [0.05, 0.1) is 11.1 Å². The summed E-state index contributed by atoms with van der Waals surface area (Å²) in [7, 11) is 0.